The molecule has 1 aromatic carbocycles. The number of aryl methyl sites for hydroxylation is 1. The highest BCUT2D eigenvalue weighted by atomic mass is 16.5. The average molecular weight is 246 g/mol. The minimum atomic E-state index is 0.460. The van der Waals surface area contributed by atoms with Gasteiger partial charge in [-0.15, -0.1) is 0 Å². The van der Waals surface area contributed by atoms with Crippen LogP contribution in [-0.2, 0) is 0 Å². The first kappa shape index (κ1) is 14.4. The number of hydrogen-bond donors (Lipinski definition) is 0. The molecule has 2 rings (SSSR count). The Labute approximate surface area is 109 Å². The Morgan fingerprint density at radius 1 is 1.17 bits per heavy atom. The van der Waals surface area contributed by atoms with E-state index < -0.39 is 0 Å². The van der Waals surface area contributed by atoms with Gasteiger partial charge in [0.1, 0.15) is 11.3 Å². The summed E-state index contributed by atoms with van der Waals surface area (Å²) in [6.45, 7) is 10.2. The molecule has 0 amide bonds. The monoisotopic (exact) mass is 246 g/mol. The van der Waals surface area contributed by atoms with Crippen LogP contribution in [0.4, 0.5) is 0 Å². The number of aromatic nitrogens is 2. The molecular weight excluding hydrogens is 224 g/mol. The van der Waals surface area contributed by atoms with Gasteiger partial charge in [-0.1, -0.05) is 27.7 Å². The van der Waals surface area contributed by atoms with E-state index in [1.165, 1.54) is 5.56 Å². The predicted octanol–water partition coefficient (Wildman–Crippen LogP) is 4.10. The third-order valence-corrected chi connectivity index (χ3v) is 2.64. The van der Waals surface area contributed by atoms with Crippen molar-refractivity contribution in [3.05, 3.63) is 29.6 Å². The second kappa shape index (κ2) is 6.34. The molecule has 0 radical (unpaired) electrons. The quantitative estimate of drug-likeness (QED) is 0.800. The molecule has 98 valence electrons. The van der Waals surface area contributed by atoms with E-state index in [-0.39, 0.29) is 0 Å². The minimum absolute atomic E-state index is 0.460. The molecule has 0 aliphatic rings. The van der Waals surface area contributed by atoms with Gasteiger partial charge in [0, 0.05) is 6.20 Å². The van der Waals surface area contributed by atoms with Crippen LogP contribution in [0, 0.1) is 6.92 Å². The summed E-state index contributed by atoms with van der Waals surface area (Å²) in [6.07, 6.45) is 1.78. The van der Waals surface area contributed by atoms with Gasteiger partial charge in [0.25, 0.3) is 0 Å². The Morgan fingerprint density at radius 2 is 1.83 bits per heavy atom. The van der Waals surface area contributed by atoms with Crippen LogP contribution in [0.2, 0.25) is 0 Å². The molecule has 3 nitrogen and oxygen atoms in total. The summed E-state index contributed by atoms with van der Waals surface area (Å²) in [5, 5.41) is 0. The zero-order valence-electron chi connectivity index (χ0n) is 12.1. The van der Waals surface area contributed by atoms with E-state index in [2.05, 4.69) is 29.9 Å². The van der Waals surface area contributed by atoms with Crippen LogP contribution in [0.15, 0.2) is 18.3 Å². The Balaban J connectivity index is 0.000000771. The van der Waals surface area contributed by atoms with Gasteiger partial charge in [-0.3, -0.25) is 4.98 Å². The number of rotatable bonds is 2. The molecule has 0 aliphatic heterocycles. The normalized spacial score (nSPS) is 10.2. The zero-order valence-corrected chi connectivity index (χ0v) is 12.1. The minimum Gasteiger partial charge on any atom is -0.494 e. The molecule has 1 heterocycles. The fourth-order valence-corrected chi connectivity index (χ4v) is 1.68. The van der Waals surface area contributed by atoms with Crippen molar-refractivity contribution in [1.29, 1.82) is 0 Å². The fourth-order valence-electron chi connectivity index (χ4n) is 1.68. The highest BCUT2D eigenvalue weighted by molar-refractivity contribution is 5.82. The highest BCUT2D eigenvalue weighted by Gasteiger charge is 2.09. The summed E-state index contributed by atoms with van der Waals surface area (Å²) in [6, 6.07) is 4.12. The first-order valence-corrected chi connectivity index (χ1v) is 6.43. The lowest BCUT2D eigenvalue weighted by Crippen LogP contribution is -1.96. The maximum Gasteiger partial charge on any atom is 0.146 e. The number of nitrogens with zero attached hydrogens (tertiary/aromatic N) is 2. The van der Waals surface area contributed by atoms with Gasteiger partial charge in [-0.05, 0) is 30.5 Å². The van der Waals surface area contributed by atoms with E-state index in [1.807, 2.05) is 26.8 Å². The maximum atomic E-state index is 5.37. The molecule has 1 aromatic heterocycles. The third-order valence-electron chi connectivity index (χ3n) is 2.64. The van der Waals surface area contributed by atoms with E-state index in [9.17, 15) is 0 Å². The van der Waals surface area contributed by atoms with Gasteiger partial charge in [0.05, 0.1) is 18.3 Å². The van der Waals surface area contributed by atoms with E-state index in [0.29, 0.717) is 5.92 Å². The summed E-state index contributed by atoms with van der Waals surface area (Å²) < 4.78 is 5.37. The predicted molar refractivity (Wildman–Crippen MR) is 76.3 cm³/mol. The van der Waals surface area contributed by atoms with E-state index >= 15 is 0 Å². The molecule has 0 bridgehead atoms. The number of methoxy groups -OCH3 is 1. The number of benzene rings is 1. The summed E-state index contributed by atoms with van der Waals surface area (Å²) in [7, 11) is 1.67. The first-order chi connectivity index (χ1) is 8.61. The van der Waals surface area contributed by atoms with Gasteiger partial charge < -0.3 is 4.74 Å². The largest absolute Gasteiger partial charge is 0.494 e. The van der Waals surface area contributed by atoms with Crippen LogP contribution < -0.4 is 4.74 Å². The number of hydrogen-bond acceptors (Lipinski definition) is 3. The average Bonchev–Trinajstić information content (AvgIpc) is 2.39. The molecule has 18 heavy (non-hydrogen) atoms. The molecule has 2 aromatic rings. The maximum absolute atomic E-state index is 5.37. The molecule has 0 saturated carbocycles. The van der Waals surface area contributed by atoms with Crippen molar-refractivity contribution in [3.8, 4) is 5.75 Å². The molecule has 0 atom stereocenters. The highest BCUT2D eigenvalue weighted by Crippen LogP contribution is 2.28. The van der Waals surface area contributed by atoms with Crippen molar-refractivity contribution in [2.75, 3.05) is 7.11 Å². The lowest BCUT2D eigenvalue weighted by molar-refractivity contribution is 0.418. The van der Waals surface area contributed by atoms with Crippen molar-refractivity contribution in [2.45, 2.75) is 40.5 Å². The molecule has 3 heteroatoms. The molecule has 0 unspecified atom stereocenters. The molecule has 0 saturated heterocycles. The second-order valence-electron chi connectivity index (χ2n) is 4.26. The summed E-state index contributed by atoms with van der Waals surface area (Å²) in [4.78, 5) is 8.85. The van der Waals surface area contributed by atoms with Crippen LogP contribution in [0.25, 0.3) is 11.0 Å². The molecule has 0 fully saturated rings. The van der Waals surface area contributed by atoms with E-state index in [1.54, 1.807) is 13.3 Å². The van der Waals surface area contributed by atoms with Crippen LogP contribution >= 0.6 is 0 Å². The Kier molecular flexibility index (Phi) is 5.08. The summed E-state index contributed by atoms with van der Waals surface area (Å²) >= 11 is 0. The van der Waals surface area contributed by atoms with Gasteiger partial charge >= 0.3 is 0 Å². The van der Waals surface area contributed by atoms with Crippen LogP contribution in [0.5, 0.6) is 5.75 Å². The van der Waals surface area contributed by atoms with Gasteiger partial charge in [-0.25, -0.2) is 4.98 Å². The first-order valence-electron chi connectivity index (χ1n) is 6.43. The van der Waals surface area contributed by atoms with Crippen LogP contribution in [-0.4, -0.2) is 17.1 Å². The Hall–Kier alpha value is -1.64. The van der Waals surface area contributed by atoms with E-state index in [0.717, 1.165) is 22.5 Å². The van der Waals surface area contributed by atoms with Crippen molar-refractivity contribution in [2.24, 2.45) is 0 Å². The number of ether oxygens (including phenoxy) is 1. The van der Waals surface area contributed by atoms with E-state index in [4.69, 9.17) is 4.74 Å². The SMILES string of the molecule is CC.COc1cc(C(C)C)cc2ncc(C)nc12. The standard InChI is InChI=1S/C13H16N2O.C2H6/c1-8(2)10-5-11-13(12(6-10)16-4)15-9(3)7-14-11;1-2/h5-8H,1-4H3;1-2H3. The Bertz CT molecular complexity index is 521. The third kappa shape index (κ3) is 2.97. The van der Waals surface area contributed by atoms with Gasteiger partial charge in [0.2, 0.25) is 0 Å². The molecular formula is C15H22N2O. The number of fused-ring (bicyclic) bond motifs is 1. The van der Waals surface area contributed by atoms with Gasteiger partial charge in [-0.2, -0.15) is 0 Å². The fraction of sp³-hybridized carbons (Fsp3) is 0.467. The topological polar surface area (TPSA) is 35.0 Å². The van der Waals surface area contributed by atoms with Crippen molar-refractivity contribution in [1.82, 2.24) is 9.97 Å². The molecule has 0 spiro atoms. The lowest BCUT2D eigenvalue weighted by atomic mass is 10.0. The Morgan fingerprint density at radius 3 is 2.39 bits per heavy atom. The molecule has 0 aliphatic carbocycles. The second-order valence-corrected chi connectivity index (χ2v) is 4.26. The summed E-state index contributed by atoms with van der Waals surface area (Å²) in [5.41, 5.74) is 3.87. The smallest absolute Gasteiger partial charge is 0.146 e. The molecule has 0 N–H and O–H groups in total. The lowest BCUT2D eigenvalue weighted by Gasteiger charge is -2.10. The van der Waals surface area contributed by atoms with Crippen LogP contribution in [0.1, 0.15) is 44.9 Å². The van der Waals surface area contributed by atoms with Crippen molar-refractivity contribution in [3.63, 3.8) is 0 Å². The summed E-state index contributed by atoms with van der Waals surface area (Å²) in [5.74, 6) is 1.26. The zero-order chi connectivity index (χ0) is 13.7. The van der Waals surface area contributed by atoms with Crippen LogP contribution in [0.3, 0.4) is 0 Å². The van der Waals surface area contributed by atoms with Crippen molar-refractivity contribution >= 4 is 11.0 Å². The van der Waals surface area contributed by atoms with Crippen molar-refractivity contribution < 1.29 is 4.74 Å². The van der Waals surface area contributed by atoms with Gasteiger partial charge in [0.15, 0.2) is 0 Å².